The van der Waals surface area contributed by atoms with Gasteiger partial charge in [-0.2, -0.15) is 0 Å². The number of benzene rings is 1. The summed E-state index contributed by atoms with van der Waals surface area (Å²) in [7, 11) is 0. The lowest BCUT2D eigenvalue weighted by atomic mass is 10.2. The van der Waals surface area contributed by atoms with Crippen LogP contribution in [0.25, 0.3) is 0 Å². The van der Waals surface area contributed by atoms with E-state index in [0.29, 0.717) is 0 Å². The zero-order chi connectivity index (χ0) is 12.7. The molecule has 0 aliphatic heterocycles. The van der Waals surface area contributed by atoms with Crippen molar-refractivity contribution < 1.29 is 19.1 Å². The average Bonchev–Trinajstić information content (AvgIpc) is 2.36. The predicted octanol–water partition coefficient (Wildman–Crippen LogP) is 1.85. The van der Waals surface area contributed by atoms with Gasteiger partial charge in [0.25, 0.3) is 0 Å². The summed E-state index contributed by atoms with van der Waals surface area (Å²) >= 11 is 0. The van der Waals surface area contributed by atoms with Crippen LogP contribution < -0.4 is 0 Å². The smallest absolute Gasteiger partial charge is 0.347 e. The van der Waals surface area contributed by atoms with E-state index in [9.17, 15) is 9.59 Å². The number of esters is 2. The second-order valence-electron chi connectivity index (χ2n) is 3.38. The highest BCUT2D eigenvalue weighted by Crippen LogP contribution is 2.03. The van der Waals surface area contributed by atoms with Gasteiger partial charge in [0, 0.05) is 6.08 Å². The highest BCUT2D eigenvalue weighted by Gasteiger charge is 2.17. The molecule has 4 heteroatoms. The molecule has 0 aromatic heterocycles. The molecule has 0 saturated carbocycles. The van der Waals surface area contributed by atoms with Crippen LogP contribution in [0.4, 0.5) is 0 Å². The first-order valence-corrected chi connectivity index (χ1v) is 5.17. The Balaban J connectivity index is 2.39. The third-order valence-electron chi connectivity index (χ3n) is 2.02. The van der Waals surface area contributed by atoms with Crippen molar-refractivity contribution in [3.8, 4) is 0 Å². The molecule has 0 heterocycles. The molecule has 1 rings (SSSR count). The molecular weight excluding hydrogens is 220 g/mol. The normalized spacial score (nSPS) is 11.4. The Kier molecular flexibility index (Phi) is 4.94. The first kappa shape index (κ1) is 13.0. The van der Waals surface area contributed by atoms with Crippen molar-refractivity contribution in [2.24, 2.45) is 0 Å². The molecule has 17 heavy (non-hydrogen) atoms. The molecule has 0 unspecified atom stereocenters. The van der Waals surface area contributed by atoms with Gasteiger partial charge >= 0.3 is 11.9 Å². The molecule has 1 aromatic carbocycles. The lowest BCUT2D eigenvalue weighted by Crippen LogP contribution is -2.25. The standard InChI is InChI=1S/C13H14O4/c1-3-12(14)17-10(2)13(15)16-9-11-7-5-4-6-8-11/h3-8,10H,1,9H2,2H3/t10-/m0/s1. The predicted molar refractivity (Wildman–Crippen MR) is 62.0 cm³/mol. The van der Waals surface area contributed by atoms with E-state index in [1.807, 2.05) is 30.3 Å². The largest absolute Gasteiger partial charge is 0.458 e. The summed E-state index contributed by atoms with van der Waals surface area (Å²) in [5, 5.41) is 0. The van der Waals surface area contributed by atoms with Crippen molar-refractivity contribution in [2.75, 3.05) is 0 Å². The molecule has 0 aliphatic rings. The highest BCUT2D eigenvalue weighted by atomic mass is 16.6. The summed E-state index contributed by atoms with van der Waals surface area (Å²) in [5.41, 5.74) is 0.878. The summed E-state index contributed by atoms with van der Waals surface area (Å²) in [6, 6.07) is 9.26. The van der Waals surface area contributed by atoms with Crippen LogP contribution in [0.1, 0.15) is 12.5 Å². The molecule has 0 amide bonds. The van der Waals surface area contributed by atoms with Crippen LogP contribution in [0.3, 0.4) is 0 Å². The number of rotatable bonds is 5. The fraction of sp³-hybridized carbons (Fsp3) is 0.231. The van der Waals surface area contributed by atoms with E-state index in [0.717, 1.165) is 11.6 Å². The average molecular weight is 234 g/mol. The Morgan fingerprint density at radius 3 is 2.59 bits per heavy atom. The van der Waals surface area contributed by atoms with Crippen molar-refractivity contribution in [3.63, 3.8) is 0 Å². The maximum atomic E-state index is 11.4. The molecule has 0 spiro atoms. The van der Waals surface area contributed by atoms with Gasteiger partial charge in [-0.25, -0.2) is 9.59 Å². The Morgan fingerprint density at radius 1 is 1.35 bits per heavy atom. The van der Waals surface area contributed by atoms with Crippen LogP contribution in [0, 0.1) is 0 Å². The Bertz CT molecular complexity index is 397. The fourth-order valence-electron chi connectivity index (χ4n) is 1.12. The van der Waals surface area contributed by atoms with Crippen molar-refractivity contribution in [2.45, 2.75) is 19.6 Å². The summed E-state index contributed by atoms with van der Waals surface area (Å²) in [6.07, 6.45) is 0.0743. The molecule has 1 atom stereocenters. The van der Waals surface area contributed by atoms with Gasteiger partial charge in [0.2, 0.25) is 0 Å². The van der Waals surface area contributed by atoms with Gasteiger partial charge in [-0.1, -0.05) is 36.9 Å². The van der Waals surface area contributed by atoms with E-state index in [-0.39, 0.29) is 6.61 Å². The summed E-state index contributed by atoms with van der Waals surface area (Å²) in [6.45, 7) is 4.86. The van der Waals surface area contributed by atoms with Gasteiger partial charge in [-0.05, 0) is 12.5 Å². The van der Waals surface area contributed by atoms with Gasteiger partial charge in [0.1, 0.15) is 6.61 Å². The van der Waals surface area contributed by atoms with Gasteiger partial charge in [0.05, 0.1) is 0 Å². The number of ether oxygens (including phenoxy) is 2. The van der Waals surface area contributed by atoms with Crippen LogP contribution in [0.15, 0.2) is 43.0 Å². The van der Waals surface area contributed by atoms with E-state index in [1.165, 1.54) is 6.92 Å². The van der Waals surface area contributed by atoms with Crippen LogP contribution in [0.2, 0.25) is 0 Å². The third-order valence-corrected chi connectivity index (χ3v) is 2.02. The summed E-state index contributed by atoms with van der Waals surface area (Å²) in [5.74, 6) is -1.22. The van der Waals surface area contributed by atoms with Gasteiger partial charge in [0.15, 0.2) is 6.10 Å². The molecule has 0 fully saturated rings. The molecule has 0 bridgehead atoms. The SMILES string of the molecule is C=CC(=O)O[C@@H](C)C(=O)OCc1ccccc1. The van der Waals surface area contributed by atoms with Crippen LogP contribution >= 0.6 is 0 Å². The monoisotopic (exact) mass is 234 g/mol. The fourth-order valence-corrected chi connectivity index (χ4v) is 1.12. The summed E-state index contributed by atoms with van der Waals surface area (Å²) < 4.78 is 9.70. The minimum Gasteiger partial charge on any atom is -0.458 e. The Labute approximate surface area is 99.8 Å². The lowest BCUT2D eigenvalue weighted by Gasteiger charge is -2.11. The molecule has 90 valence electrons. The first-order chi connectivity index (χ1) is 8.13. The minimum atomic E-state index is -0.927. The molecule has 4 nitrogen and oxygen atoms in total. The van der Waals surface area contributed by atoms with Crippen LogP contribution in [0.5, 0.6) is 0 Å². The van der Waals surface area contributed by atoms with Gasteiger partial charge in [-0.15, -0.1) is 0 Å². The minimum absolute atomic E-state index is 0.162. The molecule has 1 aromatic rings. The van der Waals surface area contributed by atoms with E-state index >= 15 is 0 Å². The highest BCUT2D eigenvalue weighted by molar-refractivity contribution is 5.84. The molecular formula is C13H14O4. The van der Waals surface area contributed by atoms with E-state index in [2.05, 4.69) is 6.58 Å². The van der Waals surface area contributed by atoms with E-state index in [1.54, 1.807) is 0 Å². The zero-order valence-electron chi connectivity index (χ0n) is 9.59. The second kappa shape index (κ2) is 6.48. The second-order valence-corrected chi connectivity index (χ2v) is 3.38. The van der Waals surface area contributed by atoms with Crippen LogP contribution in [-0.4, -0.2) is 18.0 Å². The maximum absolute atomic E-state index is 11.4. The van der Waals surface area contributed by atoms with Gasteiger partial charge in [-0.3, -0.25) is 0 Å². The van der Waals surface area contributed by atoms with Crippen molar-refractivity contribution >= 4 is 11.9 Å². The molecule has 0 saturated heterocycles. The van der Waals surface area contributed by atoms with Crippen LogP contribution in [-0.2, 0) is 25.7 Å². The van der Waals surface area contributed by atoms with E-state index < -0.39 is 18.0 Å². The Hall–Kier alpha value is -2.10. The number of carbonyl (C=O) groups excluding carboxylic acids is 2. The number of hydrogen-bond acceptors (Lipinski definition) is 4. The molecule has 0 aliphatic carbocycles. The summed E-state index contributed by atoms with van der Waals surface area (Å²) in [4.78, 5) is 22.3. The molecule has 0 N–H and O–H groups in total. The topological polar surface area (TPSA) is 52.6 Å². The maximum Gasteiger partial charge on any atom is 0.347 e. The zero-order valence-corrected chi connectivity index (χ0v) is 9.59. The van der Waals surface area contributed by atoms with Gasteiger partial charge < -0.3 is 9.47 Å². The number of carbonyl (C=O) groups is 2. The Morgan fingerprint density at radius 2 is 2.00 bits per heavy atom. The van der Waals surface area contributed by atoms with Crippen molar-refractivity contribution in [3.05, 3.63) is 48.6 Å². The van der Waals surface area contributed by atoms with E-state index in [4.69, 9.17) is 9.47 Å². The number of hydrogen-bond donors (Lipinski definition) is 0. The quantitative estimate of drug-likeness (QED) is 0.576. The van der Waals surface area contributed by atoms with Crippen molar-refractivity contribution in [1.82, 2.24) is 0 Å². The van der Waals surface area contributed by atoms with Crippen molar-refractivity contribution in [1.29, 1.82) is 0 Å². The third kappa shape index (κ3) is 4.51. The molecule has 0 radical (unpaired) electrons. The first-order valence-electron chi connectivity index (χ1n) is 5.17. The lowest BCUT2D eigenvalue weighted by molar-refractivity contribution is -0.164.